The molecule has 2 heterocycles. The average Bonchev–Trinajstić information content (AvgIpc) is 3.21. The van der Waals surface area contributed by atoms with Crippen LogP contribution in [0, 0.1) is 6.92 Å². The Balaban J connectivity index is 1.49. The number of para-hydroxylation sites is 1. The van der Waals surface area contributed by atoms with Gasteiger partial charge in [0.05, 0.1) is 4.91 Å². The van der Waals surface area contributed by atoms with Crippen molar-refractivity contribution in [3.8, 4) is 5.75 Å². The van der Waals surface area contributed by atoms with Gasteiger partial charge in [-0.05, 0) is 43.2 Å². The van der Waals surface area contributed by atoms with Crippen molar-refractivity contribution in [1.29, 1.82) is 0 Å². The lowest BCUT2D eigenvalue weighted by molar-refractivity contribution is -0.122. The maximum absolute atomic E-state index is 12.5. The van der Waals surface area contributed by atoms with Crippen LogP contribution in [0.3, 0.4) is 0 Å². The van der Waals surface area contributed by atoms with Gasteiger partial charge in [0.15, 0.2) is 0 Å². The fourth-order valence-corrected chi connectivity index (χ4v) is 4.53. The molecule has 5 nitrogen and oxygen atoms in total. The molecule has 0 N–H and O–H groups in total. The van der Waals surface area contributed by atoms with E-state index in [1.165, 1.54) is 11.8 Å². The minimum Gasteiger partial charge on any atom is -0.449 e. The molecule has 1 aliphatic heterocycles. The van der Waals surface area contributed by atoms with Crippen LogP contribution in [-0.4, -0.2) is 27.6 Å². The van der Waals surface area contributed by atoms with Crippen LogP contribution in [0.1, 0.15) is 35.0 Å². The normalized spacial score (nSPS) is 15.4. The highest BCUT2D eigenvalue weighted by Gasteiger charge is 2.31. The molecule has 7 heteroatoms. The Morgan fingerprint density at radius 3 is 2.63 bits per heavy atom. The molecule has 0 aliphatic carbocycles. The number of aryl methyl sites for hydroxylation is 1. The highest BCUT2D eigenvalue weighted by molar-refractivity contribution is 8.26. The Hall–Kier alpha value is -2.90. The summed E-state index contributed by atoms with van der Waals surface area (Å²) in [5.41, 5.74) is 2.23. The van der Waals surface area contributed by atoms with Crippen molar-refractivity contribution in [2.24, 2.45) is 0 Å². The number of fused-ring (bicyclic) bond motifs is 1. The summed E-state index contributed by atoms with van der Waals surface area (Å²) >= 11 is 6.59. The van der Waals surface area contributed by atoms with Gasteiger partial charge in [0, 0.05) is 17.5 Å². The number of furan rings is 1. The van der Waals surface area contributed by atoms with Crippen LogP contribution < -0.4 is 4.74 Å². The molecule has 1 amide bonds. The summed E-state index contributed by atoms with van der Waals surface area (Å²) in [7, 11) is 0. The van der Waals surface area contributed by atoms with Gasteiger partial charge in [-0.2, -0.15) is 0 Å². The molecule has 0 spiro atoms. The second-order valence-electron chi connectivity index (χ2n) is 6.84. The highest BCUT2D eigenvalue weighted by atomic mass is 32.2. The summed E-state index contributed by atoms with van der Waals surface area (Å²) in [5, 5.41) is 0.889. The summed E-state index contributed by atoms with van der Waals surface area (Å²) in [5.74, 6) is -0.0185. The van der Waals surface area contributed by atoms with Gasteiger partial charge in [0.1, 0.15) is 15.7 Å². The van der Waals surface area contributed by atoms with Crippen molar-refractivity contribution >= 4 is 57.2 Å². The molecule has 0 unspecified atom stereocenters. The average molecular weight is 438 g/mol. The molecule has 152 valence electrons. The molecule has 0 saturated carbocycles. The fraction of sp³-hybridized carbons (Fsp3) is 0.174. The lowest BCUT2D eigenvalue weighted by atomic mass is 10.1. The van der Waals surface area contributed by atoms with Crippen molar-refractivity contribution in [3.63, 3.8) is 0 Å². The minimum atomic E-state index is -0.545. The van der Waals surface area contributed by atoms with Crippen LogP contribution >= 0.6 is 24.0 Å². The second-order valence-corrected chi connectivity index (χ2v) is 8.52. The van der Waals surface area contributed by atoms with E-state index in [1.807, 2.05) is 38.1 Å². The van der Waals surface area contributed by atoms with Crippen molar-refractivity contribution < 1.29 is 18.7 Å². The van der Waals surface area contributed by atoms with E-state index in [4.69, 9.17) is 21.4 Å². The Morgan fingerprint density at radius 1 is 1.20 bits per heavy atom. The minimum absolute atomic E-state index is 0.0669. The van der Waals surface area contributed by atoms with Gasteiger partial charge in [0.25, 0.3) is 5.91 Å². The fourth-order valence-electron chi connectivity index (χ4n) is 3.22. The Bertz CT molecular complexity index is 1180. The van der Waals surface area contributed by atoms with Crippen LogP contribution in [-0.2, 0) is 4.79 Å². The van der Waals surface area contributed by atoms with E-state index in [2.05, 4.69) is 0 Å². The molecule has 1 saturated heterocycles. The molecule has 0 radical (unpaired) electrons. The number of carbonyl (C=O) groups excluding carboxylic acids is 2. The molecule has 2 aromatic carbocycles. The van der Waals surface area contributed by atoms with E-state index in [0.29, 0.717) is 27.1 Å². The quantitative estimate of drug-likeness (QED) is 0.225. The van der Waals surface area contributed by atoms with E-state index < -0.39 is 5.97 Å². The van der Waals surface area contributed by atoms with Crippen molar-refractivity contribution in [2.45, 2.75) is 20.3 Å². The Labute approximate surface area is 183 Å². The van der Waals surface area contributed by atoms with Gasteiger partial charge in [0.2, 0.25) is 5.76 Å². The smallest absolute Gasteiger partial charge is 0.379 e. The zero-order valence-electron chi connectivity index (χ0n) is 16.5. The third kappa shape index (κ3) is 3.91. The van der Waals surface area contributed by atoms with Crippen LogP contribution in [0.15, 0.2) is 57.9 Å². The van der Waals surface area contributed by atoms with Gasteiger partial charge >= 0.3 is 5.97 Å². The molecule has 1 aromatic heterocycles. The van der Waals surface area contributed by atoms with E-state index in [0.717, 1.165) is 22.9 Å². The molecule has 1 aliphatic rings. The first kappa shape index (κ1) is 20.4. The highest BCUT2D eigenvalue weighted by Crippen LogP contribution is 2.33. The van der Waals surface area contributed by atoms with E-state index in [1.54, 1.807) is 35.2 Å². The van der Waals surface area contributed by atoms with Crippen molar-refractivity contribution in [1.82, 2.24) is 4.90 Å². The van der Waals surface area contributed by atoms with Crippen molar-refractivity contribution in [3.05, 3.63) is 70.3 Å². The number of thioether (sulfide) groups is 1. The maximum Gasteiger partial charge on any atom is 0.379 e. The van der Waals surface area contributed by atoms with Crippen LogP contribution in [0.5, 0.6) is 5.75 Å². The Kier molecular flexibility index (Phi) is 5.74. The first-order chi connectivity index (χ1) is 14.5. The number of ether oxygens (including phenoxy) is 1. The second kappa shape index (κ2) is 8.45. The number of thiocarbonyl (C=S) groups is 1. The van der Waals surface area contributed by atoms with Crippen LogP contribution in [0.25, 0.3) is 17.0 Å². The standard InChI is InChI=1S/C23H19NO4S2/c1-3-12-24-21(25)19(30-23(24)29)13-15-8-10-16(11-9-15)27-22(26)20-14(2)17-6-4-5-7-18(17)28-20/h4-11,13H,3,12H2,1-2H3/b19-13+. The van der Waals surface area contributed by atoms with Gasteiger partial charge < -0.3 is 9.15 Å². The molecule has 0 bridgehead atoms. The number of hydrogen-bond acceptors (Lipinski definition) is 6. The van der Waals surface area contributed by atoms with Crippen molar-refractivity contribution in [2.75, 3.05) is 6.54 Å². The van der Waals surface area contributed by atoms with E-state index in [-0.39, 0.29) is 11.7 Å². The summed E-state index contributed by atoms with van der Waals surface area (Å²) < 4.78 is 11.7. The zero-order chi connectivity index (χ0) is 21.3. The predicted molar refractivity (Wildman–Crippen MR) is 123 cm³/mol. The number of amides is 1. The molecular weight excluding hydrogens is 418 g/mol. The molecular formula is C23H19NO4S2. The number of hydrogen-bond donors (Lipinski definition) is 0. The number of rotatable bonds is 5. The largest absolute Gasteiger partial charge is 0.449 e. The summed E-state index contributed by atoms with van der Waals surface area (Å²) in [6, 6.07) is 14.4. The molecule has 4 rings (SSSR count). The summed E-state index contributed by atoms with van der Waals surface area (Å²) in [6.45, 7) is 4.47. The molecule has 1 fully saturated rings. The molecule has 0 atom stereocenters. The third-order valence-electron chi connectivity index (χ3n) is 4.74. The van der Waals surface area contributed by atoms with Crippen LogP contribution in [0.2, 0.25) is 0 Å². The number of esters is 1. The first-order valence-electron chi connectivity index (χ1n) is 9.53. The monoisotopic (exact) mass is 437 g/mol. The van der Waals surface area contributed by atoms with Gasteiger partial charge in [-0.1, -0.05) is 61.2 Å². The predicted octanol–water partition coefficient (Wildman–Crippen LogP) is 5.57. The first-order valence-corrected chi connectivity index (χ1v) is 10.8. The van der Waals surface area contributed by atoms with E-state index >= 15 is 0 Å². The SMILES string of the molecule is CCCN1C(=O)/C(=C\c2ccc(OC(=O)c3oc4ccccc4c3C)cc2)SC1=S. The van der Waals surface area contributed by atoms with E-state index in [9.17, 15) is 9.59 Å². The molecule has 30 heavy (non-hydrogen) atoms. The zero-order valence-corrected chi connectivity index (χ0v) is 18.1. The van der Waals surface area contributed by atoms with Gasteiger partial charge in [-0.15, -0.1) is 0 Å². The molecule has 3 aromatic rings. The number of benzene rings is 2. The topological polar surface area (TPSA) is 59.8 Å². The summed E-state index contributed by atoms with van der Waals surface area (Å²) in [4.78, 5) is 27.2. The lowest BCUT2D eigenvalue weighted by Gasteiger charge is -2.11. The number of carbonyl (C=O) groups is 2. The van der Waals surface area contributed by atoms with Crippen LogP contribution in [0.4, 0.5) is 0 Å². The maximum atomic E-state index is 12.5. The van der Waals surface area contributed by atoms with Gasteiger partial charge in [-0.25, -0.2) is 4.79 Å². The lowest BCUT2D eigenvalue weighted by Crippen LogP contribution is -2.28. The van der Waals surface area contributed by atoms with Gasteiger partial charge in [-0.3, -0.25) is 9.69 Å². The Morgan fingerprint density at radius 2 is 1.93 bits per heavy atom. The number of nitrogens with zero attached hydrogens (tertiary/aromatic N) is 1. The third-order valence-corrected chi connectivity index (χ3v) is 6.12. The summed E-state index contributed by atoms with van der Waals surface area (Å²) in [6.07, 6.45) is 2.65.